The molecule has 2 aliphatic heterocycles. The van der Waals surface area contributed by atoms with E-state index in [1.165, 1.54) is 5.56 Å². The third kappa shape index (κ3) is 4.57. The van der Waals surface area contributed by atoms with Gasteiger partial charge in [0.1, 0.15) is 5.75 Å². The average molecular weight is 361 g/mol. The number of hydrogen-bond acceptors (Lipinski definition) is 4. The Morgan fingerprint density at radius 1 is 1.12 bits per heavy atom. The first-order valence-corrected chi connectivity index (χ1v) is 9.64. The molecule has 3 rings (SSSR count). The molecule has 1 unspecified atom stereocenters. The molecule has 26 heavy (non-hydrogen) atoms. The summed E-state index contributed by atoms with van der Waals surface area (Å²) >= 11 is 0. The van der Waals surface area contributed by atoms with Crippen molar-refractivity contribution in [2.24, 2.45) is 5.92 Å². The van der Waals surface area contributed by atoms with Crippen LogP contribution in [0.5, 0.6) is 5.75 Å². The molecule has 1 aromatic carbocycles. The van der Waals surface area contributed by atoms with Gasteiger partial charge in [-0.2, -0.15) is 0 Å². The minimum atomic E-state index is -0.481. The van der Waals surface area contributed by atoms with Gasteiger partial charge in [-0.1, -0.05) is 32.9 Å². The van der Waals surface area contributed by atoms with Crippen LogP contribution >= 0.6 is 0 Å². The molecule has 0 aliphatic carbocycles. The first-order chi connectivity index (χ1) is 12.3. The van der Waals surface area contributed by atoms with Crippen molar-refractivity contribution in [3.8, 4) is 5.75 Å². The zero-order valence-corrected chi connectivity index (χ0v) is 16.4. The minimum Gasteiger partial charge on any atom is -0.481 e. The van der Waals surface area contributed by atoms with E-state index >= 15 is 0 Å². The van der Waals surface area contributed by atoms with Crippen LogP contribution in [-0.4, -0.2) is 49.5 Å². The molecular weight excluding hydrogens is 330 g/mol. The fourth-order valence-electron chi connectivity index (χ4n) is 3.59. The Hall–Kier alpha value is -1.59. The van der Waals surface area contributed by atoms with Crippen molar-refractivity contribution < 1.29 is 19.0 Å². The van der Waals surface area contributed by atoms with Gasteiger partial charge in [-0.15, -0.1) is 0 Å². The quantitative estimate of drug-likeness (QED) is 0.825. The van der Waals surface area contributed by atoms with Crippen molar-refractivity contribution >= 4 is 5.91 Å². The first kappa shape index (κ1) is 19.2. The summed E-state index contributed by atoms with van der Waals surface area (Å²) in [5.41, 5.74) is 1.36. The van der Waals surface area contributed by atoms with Crippen molar-refractivity contribution in [1.29, 1.82) is 0 Å². The van der Waals surface area contributed by atoms with Crippen molar-refractivity contribution in [3.05, 3.63) is 29.8 Å². The van der Waals surface area contributed by atoms with Crippen LogP contribution in [0.4, 0.5) is 0 Å². The Balaban J connectivity index is 1.50. The van der Waals surface area contributed by atoms with Crippen LogP contribution in [0.15, 0.2) is 24.3 Å². The Morgan fingerprint density at radius 2 is 1.69 bits per heavy atom. The van der Waals surface area contributed by atoms with Gasteiger partial charge in [0.05, 0.1) is 13.2 Å². The topological polar surface area (TPSA) is 48.0 Å². The number of benzene rings is 1. The Labute approximate surface area is 156 Å². The predicted molar refractivity (Wildman–Crippen MR) is 100 cm³/mol. The van der Waals surface area contributed by atoms with Gasteiger partial charge < -0.3 is 19.1 Å². The van der Waals surface area contributed by atoms with Crippen LogP contribution in [0.1, 0.15) is 46.1 Å². The highest BCUT2D eigenvalue weighted by atomic mass is 16.7. The van der Waals surface area contributed by atoms with E-state index in [2.05, 4.69) is 32.9 Å². The number of rotatable bonds is 4. The van der Waals surface area contributed by atoms with Gasteiger partial charge in [-0.25, -0.2) is 0 Å². The number of likely N-dealkylation sites (tertiary alicyclic amines) is 1. The molecule has 5 nitrogen and oxygen atoms in total. The standard InChI is InChI=1S/C21H31NO4/c1-15(26-18-7-5-17(6-8-18)21(2,3)4)19(23)22-11-9-16(10-12-22)20-24-13-14-25-20/h5-8,15-16,20H,9-14H2,1-4H3. The summed E-state index contributed by atoms with van der Waals surface area (Å²) in [6.07, 6.45) is 1.28. The smallest absolute Gasteiger partial charge is 0.263 e. The zero-order chi connectivity index (χ0) is 18.7. The van der Waals surface area contributed by atoms with Gasteiger partial charge in [0.2, 0.25) is 0 Å². The molecular formula is C21H31NO4. The lowest BCUT2D eigenvalue weighted by Gasteiger charge is -2.35. The molecule has 5 heteroatoms. The van der Waals surface area contributed by atoms with Gasteiger partial charge in [0.25, 0.3) is 5.91 Å². The van der Waals surface area contributed by atoms with Crippen LogP contribution in [0, 0.1) is 5.92 Å². The number of piperidine rings is 1. The highest BCUT2D eigenvalue weighted by Gasteiger charge is 2.33. The van der Waals surface area contributed by atoms with Crippen LogP contribution in [0.3, 0.4) is 0 Å². The number of ether oxygens (including phenoxy) is 3. The maximum atomic E-state index is 12.7. The van der Waals surface area contributed by atoms with E-state index in [1.54, 1.807) is 0 Å². The SMILES string of the molecule is CC(Oc1ccc(C(C)(C)C)cc1)C(=O)N1CCC(C2OCCO2)CC1. The third-order valence-corrected chi connectivity index (χ3v) is 5.26. The molecule has 2 aliphatic rings. The molecule has 0 saturated carbocycles. The van der Waals surface area contributed by atoms with E-state index in [0.717, 1.165) is 31.7 Å². The largest absolute Gasteiger partial charge is 0.481 e. The number of amides is 1. The summed E-state index contributed by atoms with van der Waals surface area (Å²) in [7, 11) is 0. The number of carbonyl (C=O) groups is 1. The molecule has 144 valence electrons. The van der Waals surface area contributed by atoms with Crippen LogP contribution in [0.25, 0.3) is 0 Å². The van der Waals surface area contributed by atoms with E-state index in [1.807, 2.05) is 24.0 Å². The molecule has 1 amide bonds. The van der Waals surface area contributed by atoms with Gasteiger partial charge in [0.15, 0.2) is 12.4 Å². The monoisotopic (exact) mass is 361 g/mol. The molecule has 2 saturated heterocycles. The lowest BCUT2D eigenvalue weighted by molar-refractivity contribution is -0.143. The maximum Gasteiger partial charge on any atom is 0.263 e. The summed E-state index contributed by atoms with van der Waals surface area (Å²) in [5, 5.41) is 0. The molecule has 0 aromatic heterocycles. The van der Waals surface area contributed by atoms with Crippen molar-refractivity contribution in [3.63, 3.8) is 0 Å². The maximum absolute atomic E-state index is 12.7. The summed E-state index contributed by atoms with van der Waals surface area (Å²) in [5.74, 6) is 1.18. The highest BCUT2D eigenvalue weighted by molar-refractivity contribution is 5.81. The second kappa shape index (κ2) is 7.97. The van der Waals surface area contributed by atoms with Crippen molar-refractivity contribution in [2.75, 3.05) is 26.3 Å². The number of carbonyl (C=O) groups excluding carboxylic acids is 1. The van der Waals surface area contributed by atoms with E-state index in [0.29, 0.717) is 19.1 Å². The van der Waals surface area contributed by atoms with Gasteiger partial charge in [-0.05, 0) is 42.9 Å². The molecule has 2 heterocycles. The van der Waals surface area contributed by atoms with E-state index in [9.17, 15) is 4.79 Å². The predicted octanol–water partition coefficient (Wildman–Crippen LogP) is 3.36. The Bertz CT molecular complexity index is 593. The molecule has 2 fully saturated rings. The summed E-state index contributed by atoms with van der Waals surface area (Å²) < 4.78 is 17.1. The molecule has 0 bridgehead atoms. The molecule has 0 radical (unpaired) electrons. The highest BCUT2D eigenvalue weighted by Crippen LogP contribution is 2.27. The number of nitrogens with zero attached hydrogens (tertiary/aromatic N) is 1. The zero-order valence-electron chi connectivity index (χ0n) is 16.4. The summed E-state index contributed by atoms with van der Waals surface area (Å²) in [6.45, 7) is 11.2. The van der Waals surface area contributed by atoms with Gasteiger partial charge in [0, 0.05) is 19.0 Å². The van der Waals surface area contributed by atoms with Crippen molar-refractivity contribution in [1.82, 2.24) is 4.90 Å². The first-order valence-electron chi connectivity index (χ1n) is 9.64. The Morgan fingerprint density at radius 3 is 2.23 bits per heavy atom. The van der Waals surface area contributed by atoms with Crippen molar-refractivity contribution in [2.45, 2.75) is 58.3 Å². The number of hydrogen-bond donors (Lipinski definition) is 0. The fraction of sp³-hybridized carbons (Fsp3) is 0.667. The second-order valence-corrected chi connectivity index (χ2v) is 8.31. The molecule has 1 atom stereocenters. The average Bonchev–Trinajstić information content (AvgIpc) is 3.15. The van der Waals surface area contributed by atoms with E-state index in [4.69, 9.17) is 14.2 Å². The summed E-state index contributed by atoms with van der Waals surface area (Å²) in [6, 6.07) is 8.04. The summed E-state index contributed by atoms with van der Waals surface area (Å²) in [4.78, 5) is 14.6. The van der Waals surface area contributed by atoms with Crippen LogP contribution in [-0.2, 0) is 19.7 Å². The van der Waals surface area contributed by atoms with E-state index < -0.39 is 6.10 Å². The minimum absolute atomic E-state index is 0.0524. The lowest BCUT2D eigenvalue weighted by atomic mass is 9.87. The normalized spacial score (nSPS) is 21.0. The molecule has 0 N–H and O–H groups in total. The van der Waals surface area contributed by atoms with E-state index in [-0.39, 0.29) is 17.6 Å². The molecule has 1 aromatic rings. The van der Waals surface area contributed by atoms with Crippen LogP contribution in [0.2, 0.25) is 0 Å². The lowest BCUT2D eigenvalue weighted by Crippen LogP contribution is -2.46. The van der Waals surface area contributed by atoms with Gasteiger partial charge >= 0.3 is 0 Å². The van der Waals surface area contributed by atoms with Gasteiger partial charge in [-0.3, -0.25) is 4.79 Å². The Kier molecular flexibility index (Phi) is 5.88. The molecule has 0 spiro atoms. The van der Waals surface area contributed by atoms with Crippen LogP contribution < -0.4 is 4.74 Å². The fourth-order valence-corrected chi connectivity index (χ4v) is 3.59. The third-order valence-electron chi connectivity index (χ3n) is 5.26. The second-order valence-electron chi connectivity index (χ2n) is 8.31.